The molecule has 1 aliphatic heterocycles. The zero-order valence-electron chi connectivity index (χ0n) is 21.0. The molecule has 2 unspecified atom stereocenters. The lowest BCUT2D eigenvalue weighted by Crippen LogP contribution is -2.34. The van der Waals surface area contributed by atoms with E-state index in [1.807, 2.05) is 11.9 Å². The molecule has 0 saturated carbocycles. The molecular weight excluding hydrogens is 508 g/mol. The van der Waals surface area contributed by atoms with Gasteiger partial charge in [0.15, 0.2) is 11.5 Å². The van der Waals surface area contributed by atoms with Gasteiger partial charge in [-0.2, -0.15) is 0 Å². The lowest BCUT2D eigenvalue weighted by molar-refractivity contribution is -0.384. The van der Waals surface area contributed by atoms with E-state index >= 15 is 0 Å². The van der Waals surface area contributed by atoms with Crippen molar-refractivity contribution >= 4 is 35.0 Å². The SMILES string of the molecule is COc1cc(OC)c(C2CCN(C)C2COC(C)=O)c(OC(=O)c2cccc([N+](=O)[O-])c2Cl)c1C(C)=O. The standard InChI is InChI=1S/C25H27ClN2O9/c1-13(29)21-19(34-4)11-20(35-5)22(15-9-10-27(3)18(15)12-36-14(2)30)24(21)37-25(31)16-7-6-8-17(23(16)26)28(32)33/h6-8,11,15,18H,9-10,12H2,1-5H3. The molecule has 2 aromatic carbocycles. The van der Waals surface area contributed by atoms with Crippen molar-refractivity contribution in [2.45, 2.75) is 32.2 Å². The number of carbonyl (C=O) groups is 3. The molecule has 1 heterocycles. The monoisotopic (exact) mass is 534 g/mol. The van der Waals surface area contributed by atoms with Crippen LogP contribution in [0.4, 0.5) is 5.69 Å². The van der Waals surface area contributed by atoms with Crippen LogP contribution in [0.3, 0.4) is 0 Å². The van der Waals surface area contributed by atoms with Gasteiger partial charge in [0.05, 0.1) is 30.7 Å². The second-order valence-corrected chi connectivity index (χ2v) is 8.86. The van der Waals surface area contributed by atoms with Crippen molar-refractivity contribution in [2.24, 2.45) is 0 Å². The Kier molecular flexibility index (Phi) is 8.72. The van der Waals surface area contributed by atoms with E-state index in [1.54, 1.807) is 0 Å². The van der Waals surface area contributed by atoms with Crippen LogP contribution in [0.25, 0.3) is 0 Å². The normalized spacial score (nSPS) is 17.2. The molecule has 11 nitrogen and oxygen atoms in total. The molecule has 1 fully saturated rings. The fraction of sp³-hybridized carbons (Fsp3) is 0.400. The van der Waals surface area contributed by atoms with E-state index in [-0.39, 0.29) is 41.2 Å². The second kappa shape index (κ2) is 11.6. The number of nitrogens with zero attached hydrogens (tertiary/aromatic N) is 2. The maximum absolute atomic E-state index is 13.3. The van der Waals surface area contributed by atoms with Crippen LogP contribution in [0.2, 0.25) is 5.02 Å². The number of ether oxygens (including phenoxy) is 4. The van der Waals surface area contributed by atoms with Crippen molar-refractivity contribution in [1.82, 2.24) is 4.90 Å². The lowest BCUT2D eigenvalue weighted by Gasteiger charge is -2.28. The topological polar surface area (TPSA) is 135 Å². The van der Waals surface area contributed by atoms with Gasteiger partial charge in [0.1, 0.15) is 28.7 Å². The van der Waals surface area contributed by atoms with Crippen molar-refractivity contribution < 1.29 is 38.3 Å². The summed E-state index contributed by atoms with van der Waals surface area (Å²) in [5.41, 5.74) is -0.317. The number of hydrogen-bond donors (Lipinski definition) is 0. The summed E-state index contributed by atoms with van der Waals surface area (Å²) in [7, 11) is 4.65. The van der Waals surface area contributed by atoms with E-state index in [2.05, 4.69) is 0 Å². The third-order valence-electron chi connectivity index (χ3n) is 6.28. The molecule has 37 heavy (non-hydrogen) atoms. The van der Waals surface area contributed by atoms with Crippen LogP contribution in [0.15, 0.2) is 24.3 Å². The Labute approximate surface area is 218 Å². The zero-order chi connectivity index (χ0) is 27.4. The molecule has 12 heteroatoms. The van der Waals surface area contributed by atoms with Gasteiger partial charge in [0.2, 0.25) is 0 Å². The summed E-state index contributed by atoms with van der Waals surface area (Å²) in [5, 5.41) is 10.9. The van der Waals surface area contributed by atoms with Crippen LogP contribution in [0, 0.1) is 10.1 Å². The average molecular weight is 535 g/mol. The Morgan fingerprint density at radius 2 is 1.84 bits per heavy atom. The number of ketones is 1. The molecule has 1 aliphatic rings. The number of nitro benzene ring substituents is 1. The largest absolute Gasteiger partial charge is 0.496 e. The summed E-state index contributed by atoms with van der Waals surface area (Å²) in [4.78, 5) is 50.2. The van der Waals surface area contributed by atoms with Crippen molar-refractivity contribution in [2.75, 3.05) is 34.4 Å². The van der Waals surface area contributed by atoms with E-state index in [4.69, 9.17) is 30.5 Å². The highest BCUT2D eigenvalue weighted by Gasteiger charge is 2.40. The summed E-state index contributed by atoms with van der Waals surface area (Å²) < 4.78 is 22.1. The van der Waals surface area contributed by atoms with Crippen LogP contribution < -0.4 is 14.2 Å². The highest BCUT2D eigenvalue weighted by Crippen LogP contribution is 2.48. The van der Waals surface area contributed by atoms with Crippen LogP contribution in [0.5, 0.6) is 17.2 Å². The number of halogens is 1. The molecule has 2 aromatic rings. The maximum Gasteiger partial charge on any atom is 0.345 e. The van der Waals surface area contributed by atoms with E-state index in [1.165, 1.54) is 46.3 Å². The minimum Gasteiger partial charge on any atom is -0.496 e. The zero-order valence-corrected chi connectivity index (χ0v) is 21.8. The molecular formula is C25H27ClN2O9. The Bertz CT molecular complexity index is 1250. The molecule has 2 atom stereocenters. The lowest BCUT2D eigenvalue weighted by atomic mass is 9.87. The fourth-order valence-electron chi connectivity index (χ4n) is 4.50. The first-order valence-corrected chi connectivity index (χ1v) is 11.7. The number of likely N-dealkylation sites (tertiary alicyclic amines) is 1. The van der Waals surface area contributed by atoms with Gasteiger partial charge in [-0.3, -0.25) is 24.6 Å². The molecule has 0 amide bonds. The highest BCUT2D eigenvalue weighted by molar-refractivity contribution is 6.35. The third-order valence-corrected chi connectivity index (χ3v) is 6.68. The number of methoxy groups -OCH3 is 2. The van der Waals surface area contributed by atoms with Gasteiger partial charge in [-0.05, 0) is 33.0 Å². The number of hydrogen-bond acceptors (Lipinski definition) is 10. The molecule has 0 N–H and O–H groups in total. The Balaban J connectivity index is 2.22. The van der Waals surface area contributed by atoms with Gasteiger partial charge >= 0.3 is 11.9 Å². The van der Waals surface area contributed by atoms with E-state index < -0.39 is 33.4 Å². The predicted molar refractivity (Wildman–Crippen MR) is 133 cm³/mol. The molecule has 0 aromatic heterocycles. The van der Waals surface area contributed by atoms with Crippen molar-refractivity contribution in [3.63, 3.8) is 0 Å². The minimum atomic E-state index is -1.00. The van der Waals surface area contributed by atoms with Crippen LogP contribution in [0.1, 0.15) is 52.5 Å². The summed E-state index contributed by atoms with van der Waals surface area (Å²) in [5.74, 6) is -1.97. The molecule has 0 radical (unpaired) electrons. The Hall–Kier alpha value is -3.70. The van der Waals surface area contributed by atoms with Crippen LogP contribution >= 0.6 is 11.6 Å². The first-order valence-electron chi connectivity index (χ1n) is 11.3. The number of rotatable bonds is 9. The van der Waals surface area contributed by atoms with Gasteiger partial charge in [-0.25, -0.2) is 4.79 Å². The summed E-state index contributed by atoms with van der Waals surface area (Å²) in [6, 6.07) is 4.97. The van der Waals surface area contributed by atoms with Gasteiger partial charge in [-0.15, -0.1) is 0 Å². The smallest absolute Gasteiger partial charge is 0.345 e. The number of likely N-dealkylation sites (N-methyl/N-ethyl adjacent to an activating group) is 1. The second-order valence-electron chi connectivity index (χ2n) is 8.49. The molecule has 0 spiro atoms. The van der Waals surface area contributed by atoms with Crippen LogP contribution in [-0.4, -0.2) is 68.0 Å². The fourth-order valence-corrected chi connectivity index (χ4v) is 4.78. The Morgan fingerprint density at radius 3 is 2.41 bits per heavy atom. The van der Waals surface area contributed by atoms with Crippen LogP contribution in [-0.2, 0) is 9.53 Å². The summed E-state index contributed by atoms with van der Waals surface area (Å²) >= 11 is 6.15. The highest BCUT2D eigenvalue weighted by atomic mass is 35.5. The molecule has 0 aliphatic carbocycles. The van der Waals surface area contributed by atoms with Crippen molar-refractivity contribution in [1.29, 1.82) is 0 Å². The third kappa shape index (κ3) is 5.67. The Morgan fingerprint density at radius 1 is 1.16 bits per heavy atom. The number of esters is 2. The average Bonchev–Trinajstić information content (AvgIpc) is 3.20. The number of carbonyl (C=O) groups excluding carboxylic acids is 3. The van der Waals surface area contributed by atoms with Crippen molar-refractivity contribution in [3.8, 4) is 17.2 Å². The van der Waals surface area contributed by atoms with Gasteiger partial charge < -0.3 is 18.9 Å². The first kappa shape index (κ1) is 27.9. The molecule has 1 saturated heterocycles. The first-order chi connectivity index (χ1) is 17.5. The summed E-state index contributed by atoms with van der Waals surface area (Å²) in [6.07, 6.45) is 0.574. The quantitative estimate of drug-likeness (QED) is 0.152. The van der Waals surface area contributed by atoms with E-state index in [0.717, 1.165) is 6.07 Å². The maximum atomic E-state index is 13.3. The van der Waals surface area contributed by atoms with Gasteiger partial charge in [0, 0.05) is 30.5 Å². The van der Waals surface area contributed by atoms with Crippen molar-refractivity contribution in [3.05, 3.63) is 56.1 Å². The number of Topliss-reactive ketones (excluding diaryl/α,β-unsaturated/α-hetero) is 1. The molecule has 3 rings (SSSR count). The van der Waals surface area contributed by atoms with E-state index in [0.29, 0.717) is 24.3 Å². The predicted octanol–water partition coefficient (Wildman–Crippen LogP) is 4.04. The molecule has 0 bridgehead atoms. The number of nitro groups is 1. The van der Waals surface area contributed by atoms with Gasteiger partial charge in [0.25, 0.3) is 5.69 Å². The van der Waals surface area contributed by atoms with Gasteiger partial charge in [-0.1, -0.05) is 17.7 Å². The number of benzene rings is 2. The van der Waals surface area contributed by atoms with E-state index in [9.17, 15) is 24.5 Å². The molecule has 198 valence electrons. The summed E-state index contributed by atoms with van der Waals surface area (Å²) in [6.45, 7) is 3.29. The minimum absolute atomic E-state index is 0.00556.